The van der Waals surface area contributed by atoms with Crippen LogP contribution in [0.1, 0.15) is 38.1 Å². The zero-order chi connectivity index (χ0) is 14.7. The van der Waals surface area contributed by atoms with E-state index in [0.29, 0.717) is 25.1 Å². The molecule has 0 bridgehead atoms. The first-order valence-corrected chi connectivity index (χ1v) is 6.61. The lowest BCUT2D eigenvalue weighted by molar-refractivity contribution is -0.141. The van der Waals surface area contributed by atoms with E-state index < -0.39 is 5.97 Å². The van der Waals surface area contributed by atoms with E-state index in [2.05, 4.69) is 20.8 Å². The van der Waals surface area contributed by atoms with E-state index in [1.807, 2.05) is 6.92 Å². The van der Waals surface area contributed by atoms with Gasteiger partial charge in [-0.25, -0.2) is 4.79 Å². The SMILES string of the molecule is CC(NC(=O)NC1CCC(C(=O)O)C1)c1nncn1C. The molecule has 2 amide bonds. The van der Waals surface area contributed by atoms with Crippen LogP contribution in [-0.2, 0) is 11.8 Å². The topological polar surface area (TPSA) is 109 Å². The summed E-state index contributed by atoms with van der Waals surface area (Å²) in [6.45, 7) is 1.82. The van der Waals surface area contributed by atoms with Gasteiger partial charge in [0.05, 0.1) is 12.0 Å². The Labute approximate surface area is 116 Å². The number of carboxylic acid groups (broad SMARTS) is 1. The van der Waals surface area contributed by atoms with Crippen LogP contribution < -0.4 is 10.6 Å². The van der Waals surface area contributed by atoms with Crippen molar-refractivity contribution in [2.24, 2.45) is 13.0 Å². The Bertz CT molecular complexity index is 501. The van der Waals surface area contributed by atoms with E-state index in [1.165, 1.54) is 0 Å². The van der Waals surface area contributed by atoms with E-state index in [1.54, 1.807) is 17.9 Å². The Morgan fingerprint density at radius 2 is 2.25 bits per heavy atom. The highest BCUT2D eigenvalue weighted by Crippen LogP contribution is 2.25. The van der Waals surface area contributed by atoms with Crippen molar-refractivity contribution in [3.63, 3.8) is 0 Å². The summed E-state index contributed by atoms with van der Waals surface area (Å²) in [6.07, 6.45) is 3.36. The Morgan fingerprint density at radius 3 is 2.80 bits per heavy atom. The van der Waals surface area contributed by atoms with Crippen LogP contribution in [0.5, 0.6) is 0 Å². The number of nitrogens with one attached hydrogen (secondary N) is 2. The maximum atomic E-state index is 11.9. The number of amides is 2. The number of aryl methyl sites for hydroxylation is 1. The third-order valence-electron chi connectivity index (χ3n) is 3.60. The summed E-state index contributed by atoms with van der Waals surface area (Å²) in [7, 11) is 1.81. The second-order valence-electron chi connectivity index (χ2n) is 5.18. The van der Waals surface area contributed by atoms with Crippen molar-refractivity contribution >= 4 is 12.0 Å². The number of carbonyl (C=O) groups is 2. The van der Waals surface area contributed by atoms with Gasteiger partial charge in [0.2, 0.25) is 0 Å². The molecule has 8 heteroatoms. The molecule has 2 rings (SSSR count). The van der Waals surface area contributed by atoms with Crippen molar-refractivity contribution in [1.29, 1.82) is 0 Å². The van der Waals surface area contributed by atoms with Gasteiger partial charge in [0, 0.05) is 13.1 Å². The fraction of sp³-hybridized carbons (Fsp3) is 0.667. The molecule has 1 heterocycles. The molecule has 1 aromatic heterocycles. The van der Waals surface area contributed by atoms with Gasteiger partial charge < -0.3 is 20.3 Å². The van der Waals surface area contributed by atoms with Crippen LogP contribution >= 0.6 is 0 Å². The molecular weight excluding hydrogens is 262 g/mol. The zero-order valence-electron chi connectivity index (χ0n) is 11.5. The van der Waals surface area contributed by atoms with Crippen LogP contribution in [0, 0.1) is 5.92 Å². The minimum atomic E-state index is -0.790. The normalized spacial score (nSPS) is 23.3. The van der Waals surface area contributed by atoms with E-state index in [4.69, 9.17) is 5.11 Å². The van der Waals surface area contributed by atoms with Crippen molar-refractivity contribution in [3.05, 3.63) is 12.2 Å². The molecule has 20 heavy (non-hydrogen) atoms. The maximum absolute atomic E-state index is 11.9. The van der Waals surface area contributed by atoms with Gasteiger partial charge in [0.15, 0.2) is 5.82 Å². The highest BCUT2D eigenvalue weighted by Gasteiger charge is 2.30. The van der Waals surface area contributed by atoms with E-state index >= 15 is 0 Å². The molecule has 1 saturated carbocycles. The summed E-state index contributed by atoms with van der Waals surface area (Å²) in [5.41, 5.74) is 0. The number of hydrogen-bond donors (Lipinski definition) is 3. The molecule has 110 valence electrons. The van der Waals surface area contributed by atoms with Crippen molar-refractivity contribution in [2.75, 3.05) is 0 Å². The van der Waals surface area contributed by atoms with Crippen LogP contribution in [-0.4, -0.2) is 37.9 Å². The molecule has 3 atom stereocenters. The molecule has 3 N–H and O–H groups in total. The van der Waals surface area contributed by atoms with Gasteiger partial charge in [-0.2, -0.15) is 0 Å². The Balaban J connectivity index is 1.82. The van der Waals surface area contributed by atoms with Crippen LogP contribution in [0.4, 0.5) is 4.79 Å². The number of carbonyl (C=O) groups excluding carboxylic acids is 1. The molecule has 0 saturated heterocycles. The fourth-order valence-electron chi connectivity index (χ4n) is 2.51. The summed E-state index contributed by atoms with van der Waals surface area (Å²) in [4.78, 5) is 22.7. The number of carboxylic acids is 1. The average molecular weight is 281 g/mol. The lowest BCUT2D eigenvalue weighted by atomic mass is 10.1. The Hall–Kier alpha value is -2.12. The average Bonchev–Trinajstić information content (AvgIpc) is 2.97. The van der Waals surface area contributed by atoms with Gasteiger partial charge in [-0.3, -0.25) is 4.79 Å². The third kappa shape index (κ3) is 3.25. The molecule has 0 aliphatic heterocycles. The Morgan fingerprint density at radius 1 is 1.50 bits per heavy atom. The van der Waals surface area contributed by atoms with Gasteiger partial charge in [-0.1, -0.05) is 0 Å². The summed E-state index contributed by atoms with van der Waals surface area (Å²) < 4.78 is 1.74. The maximum Gasteiger partial charge on any atom is 0.315 e. The van der Waals surface area contributed by atoms with Crippen molar-refractivity contribution < 1.29 is 14.7 Å². The van der Waals surface area contributed by atoms with Gasteiger partial charge in [0.1, 0.15) is 6.33 Å². The standard InChI is InChI=1S/C12H19N5O3/c1-7(10-16-13-6-17(10)2)14-12(20)15-9-4-3-8(5-9)11(18)19/h6-9H,3-5H2,1-2H3,(H,18,19)(H2,14,15,20). The van der Waals surface area contributed by atoms with Crippen LogP contribution in [0.2, 0.25) is 0 Å². The van der Waals surface area contributed by atoms with Crippen molar-refractivity contribution in [2.45, 2.75) is 38.3 Å². The number of rotatable bonds is 4. The molecular formula is C12H19N5O3. The summed E-state index contributed by atoms with van der Waals surface area (Å²) in [5, 5.41) is 22.2. The molecule has 1 aliphatic carbocycles. The summed E-state index contributed by atoms with van der Waals surface area (Å²) in [6, 6.07) is -0.654. The number of aliphatic carboxylic acids is 1. The van der Waals surface area contributed by atoms with Crippen LogP contribution in [0.25, 0.3) is 0 Å². The molecule has 1 aromatic rings. The van der Waals surface area contributed by atoms with Crippen molar-refractivity contribution in [1.82, 2.24) is 25.4 Å². The molecule has 3 unspecified atom stereocenters. The largest absolute Gasteiger partial charge is 0.481 e. The molecule has 1 fully saturated rings. The van der Waals surface area contributed by atoms with Gasteiger partial charge in [0.25, 0.3) is 0 Å². The second kappa shape index (κ2) is 5.89. The fourth-order valence-corrected chi connectivity index (χ4v) is 2.51. The first-order chi connectivity index (χ1) is 9.47. The lowest BCUT2D eigenvalue weighted by Gasteiger charge is -2.17. The first kappa shape index (κ1) is 14.3. The molecule has 0 aromatic carbocycles. The summed E-state index contributed by atoms with van der Waals surface area (Å²) >= 11 is 0. The van der Waals surface area contributed by atoms with Crippen LogP contribution in [0.15, 0.2) is 6.33 Å². The van der Waals surface area contributed by atoms with E-state index in [-0.39, 0.29) is 24.0 Å². The molecule has 1 aliphatic rings. The number of aromatic nitrogens is 3. The third-order valence-corrected chi connectivity index (χ3v) is 3.60. The predicted molar refractivity (Wildman–Crippen MR) is 69.9 cm³/mol. The lowest BCUT2D eigenvalue weighted by Crippen LogP contribution is -2.42. The van der Waals surface area contributed by atoms with Crippen LogP contribution in [0.3, 0.4) is 0 Å². The minimum Gasteiger partial charge on any atom is -0.481 e. The number of hydrogen-bond acceptors (Lipinski definition) is 4. The number of urea groups is 1. The predicted octanol–water partition coefficient (Wildman–Crippen LogP) is 0.429. The van der Waals surface area contributed by atoms with Gasteiger partial charge >= 0.3 is 12.0 Å². The van der Waals surface area contributed by atoms with Gasteiger partial charge in [-0.15, -0.1) is 10.2 Å². The zero-order valence-corrected chi connectivity index (χ0v) is 11.5. The first-order valence-electron chi connectivity index (χ1n) is 6.61. The Kier molecular flexibility index (Phi) is 4.21. The molecule has 0 spiro atoms. The van der Waals surface area contributed by atoms with Gasteiger partial charge in [-0.05, 0) is 26.2 Å². The molecule has 8 nitrogen and oxygen atoms in total. The van der Waals surface area contributed by atoms with E-state index in [9.17, 15) is 9.59 Å². The smallest absolute Gasteiger partial charge is 0.315 e. The highest BCUT2D eigenvalue weighted by molar-refractivity contribution is 5.75. The monoisotopic (exact) mass is 281 g/mol. The highest BCUT2D eigenvalue weighted by atomic mass is 16.4. The van der Waals surface area contributed by atoms with Crippen molar-refractivity contribution in [3.8, 4) is 0 Å². The molecule has 0 radical (unpaired) electrons. The van der Waals surface area contributed by atoms with E-state index in [0.717, 1.165) is 0 Å². The minimum absolute atomic E-state index is 0.0807. The quantitative estimate of drug-likeness (QED) is 0.741. The summed E-state index contributed by atoms with van der Waals surface area (Å²) in [5.74, 6) is -0.478. The second-order valence-corrected chi connectivity index (χ2v) is 5.18. The number of nitrogens with zero attached hydrogens (tertiary/aromatic N) is 3.